The lowest BCUT2D eigenvalue weighted by atomic mass is 10.3. The maximum atomic E-state index is 12.3. The number of halogens is 2. The van der Waals surface area contributed by atoms with E-state index < -0.39 is 0 Å². The van der Waals surface area contributed by atoms with Gasteiger partial charge in [-0.05, 0) is 37.6 Å². The fourth-order valence-corrected chi connectivity index (χ4v) is 2.12. The van der Waals surface area contributed by atoms with Gasteiger partial charge in [0.15, 0.2) is 0 Å². The summed E-state index contributed by atoms with van der Waals surface area (Å²) in [5.41, 5.74) is 1.41. The first-order valence-corrected chi connectivity index (χ1v) is 7.61. The molecule has 7 heteroatoms. The van der Waals surface area contributed by atoms with Crippen molar-refractivity contribution in [1.29, 1.82) is 0 Å². The van der Waals surface area contributed by atoms with Crippen molar-refractivity contribution in [2.24, 2.45) is 0 Å². The lowest BCUT2D eigenvalue weighted by Gasteiger charge is -2.09. The normalized spacial score (nSPS) is 10.4. The molecule has 1 aromatic heterocycles. The van der Waals surface area contributed by atoms with Crippen molar-refractivity contribution in [2.45, 2.75) is 20.3 Å². The summed E-state index contributed by atoms with van der Waals surface area (Å²) in [4.78, 5) is 20.8. The van der Waals surface area contributed by atoms with E-state index in [-0.39, 0.29) is 11.6 Å². The molecule has 0 unspecified atom stereocenters. The molecule has 0 saturated heterocycles. The van der Waals surface area contributed by atoms with Crippen molar-refractivity contribution in [3.05, 3.63) is 45.7 Å². The predicted molar refractivity (Wildman–Crippen MR) is 90.0 cm³/mol. The van der Waals surface area contributed by atoms with Crippen LogP contribution >= 0.6 is 23.2 Å². The average Bonchev–Trinajstić information content (AvgIpc) is 2.48. The third-order valence-corrected chi connectivity index (χ3v) is 3.36. The highest BCUT2D eigenvalue weighted by molar-refractivity contribution is 6.35. The molecule has 1 heterocycles. The maximum absolute atomic E-state index is 12.3. The Labute approximate surface area is 139 Å². The minimum absolute atomic E-state index is 0.266. The summed E-state index contributed by atoms with van der Waals surface area (Å²) < 4.78 is 0. The van der Waals surface area contributed by atoms with Crippen LogP contribution in [0.3, 0.4) is 0 Å². The van der Waals surface area contributed by atoms with Crippen LogP contribution < -0.4 is 10.6 Å². The molecule has 1 amide bonds. The Morgan fingerprint density at radius 2 is 2.00 bits per heavy atom. The van der Waals surface area contributed by atoms with Gasteiger partial charge in [-0.1, -0.05) is 30.1 Å². The van der Waals surface area contributed by atoms with Crippen LogP contribution in [0.1, 0.15) is 29.5 Å². The van der Waals surface area contributed by atoms with Crippen LogP contribution in [0.25, 0.3) is 0 Å². The number of nitrogens with zero attached hydrogens (tertiary/aromatic N) is 2. The molecule has 0 atom stereocenters. The standard InChI is InChI=1S/C15H16Cl2N4O/c1-3-6-18-15-19-9(2)7-13(21-15)14(22)20-12-8-10(16)4-5-11(12)17/h4-5,7-8H,3,6H2,1-2H3,(H,20,22)(H,18,19,21). The molecule has 0 saturated carbocycles. The van der Waals surface area contributed by atoms with E-state index in [0.29, 0.717) is 27.4 Å². The SMILES string of the molecule is CCCNc1nc(C)cc(C(=O)Nc2cc(Cl)ccc2Cl)n1. The van der Waals surface area contributed by atoms with Crippen LogP contribution in [0.4, 0.5) is 11.6 Å². The van der Waals surface area contributed by atoms with Crippen LogP contribution in [0.15, 0.2) is 24.3 Å². The van der Waals surface area contributed by atoms with Crippen LogP contribution in [0.2, 0.25) is 10.0 Å². The second-order valence-electron chi connectivity index (χ2n) is 4.72. The molecule has 22 heavy (non-hydrogen) atoms. The smallest absolute Gasteiger partial charge is 0.274 e. The molecule has 116 valence electrons. The Hall–Kier alpha value is -1.85. The quantitative estimate of drug-likeness (QED) is 0.858. The van der Waals surface area contributed by atoms with Gasteiger partial charge in [-0.25, -0.2) is 9.97 Å². The number of benzene rings is 1. The van der Waals surface area contributed by atoms with Crippen LogP contribution in [0.5, 0.6) is 0 Å². The van der Waals surface area contributed by atoms with Crippen LogP contribution in [-0.4, -0.2) is 22.4 Å². The molecule has 5 nitrogen and oxygen atoms in total. The Bertz CT molecular complexity index is 691. The highest BCUT2D eigenvalue weighted by Crippen LogP contribution is 2.25. The van der Waals surface area contributed by atoms with Crippen molar-refractivity contribution < 1.29 is 4.79 Å². The number of anilines is 2. The van der Waals surface area contributed by atoms with Crippen molar-refractivity contribution in [3.8, 4) is 0 Å². The molecular formula is C15H16Cl2N4O. The third-order valence-electron chi connectivity index (χ3n) is 2.80. The fourth-order valence-electron chi connectivity index (χ4n) is 1.78. The molecule has 0 aliphatic rings. The zero-order valence-electron chi connectivity index (χ0n) is 12.3. The number of amides is 1. The van der Waals surface area contributed by atoms with Gasteiger partial charge in [0.05, 0.1) is 10.7 Å². The molecule has 2 aromatic rings. The summed E-state index contributed by atoms with van der Waals surface area (Å²) in [7, 11) is 0. The summed E-state index contributed by atoms with van der Waals surface area (Å²) >= 11 is 11.9. The number of hydrogen-bond acceptors (Lipinski definition) is 4. The van der Waals surface area contributed by atoms with Crippen molar-refractivity contribution in [1.82, 2.24) is 9.97 Å². The number of hydrogen-bond donors (Lipinski definition) is 2. The van der Waals surface area contributed by atoms with Gasteiger partial charge in [-0.15, -0.1) is 0 Å². The molecular weight excluding hydrogens is 323 g/mol. The van der Waals surface area contributed by atoms with E-state index in [1.54, 1.807) is 24.3 Å². The van der Waals surface area contributed by atoms with Crippen molar-refractivity contribution in [3.63, 3.8) is 0 Å². The number of rotatable bonds is 5. The monoisotopic (exact) mass is 338 g/mol. The third kappa shape index (κ3) is 4.32. The molecule has 0 fully saturated rings. The number of nitrogens with one attached hydrogen (secondary N) is 2. The van der Waals surface area contributed by atoms with Crippen molar-refractivity contribution >= 4 is 40.7 Å². The zero-order chi connectivity index (χ0) is 16.1. The first-order chi connectivity index (χ1) is 10.5. The summed E-state index contributed by atoms with van der Waals surface area (Å²) in [5.74, 6) is 0.0680. The molecule has 0 bridgehead atoms. The second kappa shape index (κ2) is 7.42. The van der Waals surface area contributed by atoms with Gasteiger partial charge >= 0.3 is 0 Å². The van der Waals surface area contributed by atoms with E-state index in [1.807, 2.05) is 13.8 Å². The van der Waals surface area contributed by atoms with Gasteiger partial charge in [0.2, 0.25) is 5.95 Å². The molecule has 0 aliphatic carbocycles. The lowest BCUT2D eigenvalue weighted by molar-refractivity contribution is 0.102. The largest absolute Gasteiger partial charge is 0.354 e. The maximum Gasteiger partial charge on any atom is 0.274 e. The first kappa shape index (κ1) is 16.5. The highest BCUT2D eigenvalue weighted by atomic mass is 35.5. The molecule has 0 spiro atoms. The van der Waals surface area contributed by atoms with E-state index >= 15 is 0 Å². The van der Waals surface area contributed by atoms with Gasteiger partial charge in [-0.3, -0.25) is 4.79 Å². The van der Waals surface area contributed by atoms with E-state index in [4.69, 9.17) is 23.2 Å². The van der Waals surface area contributed by atoms with Gasteiger partial charge in [0, 0.05) is 17.3 Å². The number of carbonyl (C=O) groups is 1. The molecule has 2 N–H and O–H groups in total. The minimum atomic E-state index is -0.366. The Kier molecular flexibility index (Phi) is 5.57. The Morgan fingerprint density at radius 1 is 1.23 bits per heavy atom. The minimum Gasteiger partial charge on any atom is -0.354 e. The number of aryl methyl sites for hydroxylation is 1. The van der Waals surface area contributed by atoms with Crippen LogP contribution in [-0.2, 0) is 0 Å². The summed E-state index contributed by atoms with van der Waals surface area (Å²) in [6, 6.07) is 6.48. The zero-order valence-corrected chi connectivity index (χ0v) is 13.8. The van der Waals surface area contributed by atoms with E-state index in [1.165, 1.54) is 0 Å². The Balaban J connectivity index is 2.21. The van der Waals surface area contributed by atoms with Gasteiger partial charge in [0.25, 0.3) is 5.91 Å². The van der Waals surface area contributed by atoms with Crippen molar-refractivity contribution in [2.75, 3.05) is 17.2 Å². The van der Waals surface area contributed by atoms with Gasteiger partial charge in [0.1, 0.15) is 5.69 Å². The molecule has 1 aromatic carbocycles. The van der Waals surface area contributed by atoms with E-state index in [2.05, 4.69) is 20.6 Å². The van der Waals surface area contributed by atoms with Crippen LogP contribution in [0, 0.1) is 6.92 Å². The summed E-state index contributed by atoms with van der Waals surface area (Å²) in [6.07, 6.45) is 0.941. The molecule has 2 rings (SSSR count). The topological polar surface area (TPSA) is 66.9 Å². The summed E-state index contributed by atoms with van der Waals surface area (Å²) in [5, 5.41) is 6.67. The first-order valence-electron chi connectivity index (χ1n) is 6.85. The summed E-state index contributed by atoms with van der Waals surface area (Å²) in [6.45, 7) is 4.59. The lowest BCUT2D eigenvalue weighted by Crippen LogP contribution is -2.16. The average molecular weight is 339 g/mol. The number of carbonyl (C=O) groups excluding carboxylic acids is 1. The molecule has 0 radical (unpaired) electrons. The number of aromatic nitrogens is 2. The Morgan fingerprint density at radius 3 is 2.73 bits per heavy atom. The predicted octanol–water partition coefficient (Wildman–Crippen LogP) is 4.17. The van der Waals surface area contributed by atoms with E-state index in [0.717, 1.165) is 13.0 Å². The van der Waals surface area contributed by atoms with Gasteiger partial charge < -0.3 is 10.6 Å². The van der Waals surface area contributed by atoms with Gasteiger partial charge in [-0.2, -0.15) is 0 Å². The van der Waals surface area contributed by atoms with E-state index in [9.17, 15) is 4.79 Å². The second-order valence-corrected chi connectivity index (χ2v) is 5.57. The highest BCUT2D eigenvalue weighted by Gasteiger charge is 2.12. The fraction of sp³-hybridized carbons (Fsp3) is 0.267. The molecule has 0 aliphatic heterocycles.